The molecule has 0 spiro atoms. The van der Waals surface area contributed by atoms with Crippen molar-refractivity contribution < 1.29 is 25.2 Å². The number of phenolic OH excluding ortho intramolecular Hbond substituents is 4. The molecular formula is C25H28O5. The second-order valence-electron chi connectivity index (χ2n) is 7.64. The molecule has 0 radical (unpaired) electrons. The molecular weight excluding hydrogens is 380 g/mol. The number of ketones is 1. The quantitative estimate of drug-likeness (QED) is 0.278. The lowest BCUT2D eigenvalue weighted by Crippen LogP contribution is -2.03. The van der Waals surface area contributed by atoms with E-state index < -0.39 is 17.3 Å². The van der Waals surface area contributed by atoms with Crippen LogP contribution in [-0.2, 0) is 12.8 Å². The lowest BCUT2D eigenvalue weighted by atomic mass is 9.93. The van der Waals surface area contributed by atoms with Crippen molar-refractivity contribution in [2.45, 2.75) is 40.5 Å². The lowest BCUT2D eigenvalue weighted by Gasteiger charge is -2.16. The van der Waals surface area contributed by atoms with Crippen LogP contribution < -0.4 is 0 Å². The van der Waals surface area contributed by atoms with E-state index in [-0.39, 0.29) is 41.0 Å². The molecule has 0 fully saturated rings. The van der Waals surface area contributed by atoms with Gasteiger partial charge in [-0.25, -0.2) is 0 Å². The van der Waals surface area contributed by atoms with Crippen molar-refractivity contribution in [1.82, 2.24) is 0 Å². The van der Waals surface area contributed by atoms with E-state index in [0.717, 1.165) is 11.1 Å². The van der Waals surface area contributed by atoms with Gasteiger partial charge in [-0.2, -0.15) is 0 Å². The van der Waals surface area contributed by atoms with Crippen LogP contribution in [0, 0.1) is 0 Å². The maximum Gasteiger partial charge on any atom is 0.193 e. The standard InChI is InChI=1S/C25H28O5/c1-15(2)5-12-19-23(28)20(13-6-16(3)4)25(30)22(24(19)29)21(27)14-9-17-7-10-18(26)11-8-17/h5-11,14,26,28-30H,12-13H2,1-4H3. The van der Waals surface area contributed by atoms with Gasteiger partial charge in [0.15, 0.2) is 5.78 Å². The number of carbonyl (C=O) groups is 1. The third-order valence-corrected chi connectivity index (χ3v) is 4.61. The van der Waals surface area contributed by atoms with Crippen LogP contribution in [0.5, 0.6) is 23.0 Å². The van der Waals surface area contributed by atoms with Gasteiger partial charge in [0.1, 0.15) is 28.6 Å². The van der Waals surface area contributed by atoms with Crippen molar-refractivity contribution in [2.75, 3.05) is 0 Å². The maximum absolute atomic E-state index is 12.8. The molecule has 0 aliphatic rings. The van der Waals surface area contributed by atoms with Gasteiger partial charge in [-0.1, -0.05) is 41.5 Å². The Labute approximate surface area is 177 Å². The minimum atomic E-state index is -0.588. The summed E-state index contributed by atoms with van der Waals surface area (Å²) in [6.07, 6.45) is 6.88. The normalized spacial score (nSPS) is 10.8. The molecule has 0 heterocycles. The summed E-state index contributed by atoms with van der Waals surface area (Å²) in [7, 11) is 0. The van der Waals surface area contributed by atoms with Crippen molar-refractivity contribution in [3.8, 4) is 23.0 Å². The van der Waals surface area contributed by atoms with Crippen LogP contribution in [-0.4, -0.2) is 26.2 Å². The fraction of sp³-hybridized carbons (Fsp3) is 0.240. The molecule has 0 amide bonds. The molecule has 0 bridgehead atoms. The molecule has 5 heteroatoms. The molecule has 2 aromatic carbocycles. The Hall–Kier alpha value is -3.47. The summed E-state index contributed by atoms with van der Waals surface area (Å²) in [6, 6.07) is 6.26. The summed E-state index contributed by atoms with van der Waals surface area (Å²) in [4.78, 5) is 12.8. The zero-order valence-corrected chi connectivity index (χ0v) is 17.7. The molecule has 5 nitrogen and oxygen atoms in total. The molecule has 0 aromatic heterocycles. The van der Waals surface area contributed by atoms with Crippen molar-refractivity contribution in [2.24, 2.45) is 0 Å². The Bertz CT molecular complexity index is 969. The summed E-state index contributed by atoms with van der Waals surface area (Å²) in [5.41, 5.74) is 2.83. The maximum atomic E-state index is 12.8. The second kappa shape index (κ2) is 9.83. The summed E-state index contributed by atoms with van der Waals surface area (Å²) in [6.45, 7) is 7.58. The highest BCUT2D eigenvalue weighted by atomic mass is 16.3. The average molecular weight is 408 g/mol. The fourth-order valence-corrected chi connectivity index (χ4v) is 2.89. The average Bonchev–Trinajstić information content (AvgIpc) is 2.66. The van der Waals surface area contributed by atoms with Crippen molar-refractivity contribution in [3.05, 3.63) is 75.9 Å². The monoisotopic (exact) mass is 408 g/mol. The number of aromatic hydroxyl groups is 4. The Balaban J connectivity index is 2.57. The summed E-state index contributed by atoms with van der Waals surface area (Å²) in [5.74, 6) is -1.54. The van der Waals surface area contributed by atoms with Crippen LogP contribution in [0.2, 0.25) is 0 Å². The molecule has 0 aliphatic heterocycles. The van der Waals surface area contributed by atoms with Gasteiger partial charge in [0.25, 0.3) is 0 Å². The van der Waals surface area contributed by atoms with Gasteiger partial charge in [0, 0.05) is 11.1 Å². The minimum Gasteiger partial charge on any atom is -0.508 e. The number of rotatable bonds is 7. The second-order valence-corrected chi connectivity index (χ2v) is 7.64. The first-order valence-electron chi connectivity index (χ1n) is 9.68. The van der Waals surface area contributed by atoms with Crippen LogP contribution in [0.4, 0.5) is 0 Å². The number of carbonyl (C=O) groups excluding carboxylic acids is 1. The third kappa shape index (κ3) is 5.54. The number of hydrogen-bond donors (Lipinski definition) is 4. The highest BCUT2D eigenvalue weighted by molar-refractivity contribution is 6.11. The van der Waals surface area contributed by atoms with Crippen LogP contribution in [0.3, 0.4) is 0 Å². The Kier molecular flexibility index (Phi) is 7.48. The van der Waals surface area contributed by atoms with Gasteiger partial charge in [-0.05, 0) is 64.3 Å². The minimum absolute atomic E-state index is 0.111. The van der Waals surface area contributed by atoms with Crippen LogP contribution in [0.15, 0.2) is 53.6 Å². The summed E-state index contributed by atoms with van der Waals surface area (Å²) < 4.78 is 0. The van der Waals surface area contributed by atoms with Crippen molar-refractivity contribution in [1.29, 1.82) is 0 Å². The molecule has 0 unspecified atom stereocenters. The van der Waals surface area contributed by atoms with E-state index in [9.17, 15) is 25.2 Å². The van der Waals surface area contributed by atoms with Crippen LogP contribution in [0.1, 0.15) is 54.7 Å². The molecule has 0 saturated carbocycles. The van der Waals surface area contributed by atoms with Gasteiger partial charge >= 0.3 is 0 Å². The van der Waals surface area contributed by atoms with Crippen molar-refractivity contribution >= 4 is 11.9 Å². The molecule has 0 atom stereocenters. The van der Waals surface area contributed by atoms with Crippen LogP contribution >= 0.6 is 0 Å². The fourth-order valence-electron chi connectivity index (χ4n) is 2.89. The van der Waals surface area contributed by atoms with E-state index >= 15 is 0 Å². The first-order chi connectivity index (χ1) is 14.1. The van der Waals surface area contributed by atoms with Gasteiger partial charge in [-0.15, -0.1) is 0 Å². The van der Waals surface area contributed by atoms with Gasteiger partial charge in [0.2, 0.25) is 0 Å². The highest BCUT2D eigenvalue weighted by Crippen LogP contribution is 2.43. The van der Waals surface area contributed by atoms with E-state index in [1.165, 1.54) is 24.3 Å². The highest BCUT2D eigenvalue weighted by Gasteiger charge is 2.25. The van der Waals surface area contributed by atoms with E-state index in [4.69, 9.17) is 0 Å². The summed E-state index contributed by atoms with van der Waals surface area (Å²) >= 11 is 0. The Morgan fingerprint density at radius 1 is 0.767 bits per heavy atom. The number of allylic oxidation sites excluding steroid dienone is 5. The van der Waals surface area contributed by atoms with Gasteiger partial charge < -0.3 is 20.4 Å². The molecule has 158 valence electrons. The Morgan fingerprint density at radius 2 is 1.23 bits per heavy atom. The molecule has 0 saturated heterocycles. The number of hydrogen-bond acceptors (Lipinski definition) is 5. The van der Waals surface area contributed by atoms with Crippen molar-refractivity contribution in [3.63, 3.8) is 0 Å². The number of phenols is 4. The molecule has 2 rings (SSSR count). The molecule has 30 heavy (non-hydrogen) atoms. The first kappa shape index (κ1) is 22.8. The molecule has 0 aliphatic carbocycles. The molecule has 2 aromatic rings. The van der Waals surface area contributed by atoms with Crippen LogP contribution in [0.25, 0.3) is 6.08 Å². The first-order valence-corrected chi connectivity index (χ1v) is 9.68. The summed E-state index contributed by atoms with van der Waals surface area (Å²) in [5, 5.41) is 41.5. The van der Waals surface area contributed by atoms with E-state index in [2.05, 4.69) is 0 Å². The van der Waals surface area contributed by atoms with E-state index in [1.807, 2.05) is 39.8 Å². The third-order valence-electron chi connectivity index (χ3n) is 4.61. The largest absolute Gasteiger partial charge is 0.508 e. The smallest absolute Gasteiger partial charge is 0.193 e. The van der Waals surface area contributed by atoms with E-state index in [0.29, 0.717) is 5.56 Å². The zero-order chi connectivity index (χ0) is 22.4. The lowest BCUT2D eigenvalue weighted by molar-refractivity contribution is 0.104. The Morgan fingerprint density at radius 3 is 1.67 bits per heavy atom. The topological polar surface area (TPSA) is 98.0 Å². The van der Waals surface area contributed by atoms with Gasteiger partial charge in [0.05, 0.1) is 0 Å². The number of benzene rings is 2. The predicted octanol–water partition coefficient (Wildman–Crippen LogP) is 5.42. The predicted molar refractivity (Wildman–Crippen MR) is 119 cm³/mol. The van der Waals surface area contributed by atoms with Gasteiger partial charge in [-0.3, -0.25) is 4.79 Å². The SMILES string of the molecule is CC(C)=CCc1c(O)c(CC=C(C)C)c(O)c(C(=O)C=Cc2ccc(O)cc2)c1O. The van der Waals surface area contributed by atoms with E-state index in [1.54, 1.807) is 12.1 Å². The molecule has 4 N–H and O–H groups in total. The zero-order valence-electron chi connectivity index (χ0n) is 17.7.